The Bertz CT molecular complexity index is 239. The van der Waals surface area contributed by atoms with E-state index in [2.05, 4.69) is 24.1 Å². The fraction of sp³-hybridized carbons (Fsp3) is 0.929. The van der Waals surface area contributed by atoms with Crippen molar-refractivity contribution in [2.24, 2.45) is 11.7 Å². The van der Waals surface area contributed by atoms with Gasteiger partial charge in [0, 0.05) is 13.1 Å². The molecule has 0 aliphatic carbocycles. The van der Waals surface area contributed by atoms with E-state index < -0.39 is 0 Å². The SMILES string of the molecule is CCCC[C@H](N)C(=O)NCC(C)CN1CCCC1. The van der Waals surface area contributed by atoms with E-state index in [1.165, 1.54) is 25.9 Å². The number of nitrogens with zero attached hydrogens (tertiary/aromatic N) is 1. The van der Waals surface area contributed by atoms with Crippen molar-refractivity contribution in [2.75, 3.05) is 26.2 Å². The van der Waals surface area contributed by atoms with E-state index in [0.717, 1.165) is 32.4 Å². The molecule has 3 N–H and O–H groups in total. The van der Waals surface area contributed by atoms with Gasteiger partial charge in [-0.2, -0.15) is 0 Å². The summed E-state index contributed by atoms with van der Waals surface area (Å²) in [5.74, 6) is 0.516. The number of hydrogen-bond acceptors (Lipinski definition) is 3. The van der Waals surface area contributed by atoms with Crippen LogP contribution in [0.15, 0.2) is 0 Å². The number of carbonyl (C=O) groups excluding carboxylic acids is 1. The fourth-order valence-electron chi connectivity index (χ4n) is 2.43. The van der Waals surface area contributed by atoms with Crippen LogP contribution in [-0.4, -0.2) is 43.0 Å². The predicted molar refractivity (Wildman–Crippen MR) is 75.3 cm³/mol. The second-order valence-electron chi connectivity index (χ2n) is 5.61. The number of nitrogens with two attached hydrogens (primary N) is 1. The van der Waals surface area contributed by atoms with Gasteiger partial charge in [-0.3, -0.25) is 4.79 Å². The summed E-state index contributed by atoms with van der Waals surface area (Å²) in [5, 5.41) is 2.97. The number of hydrogen-bond donors (Lipinski definition) is 2. The minimum atomic E-state index is -0.330. The minimum absolute atomic E-state index is 0.0109. The topological polar surface area (TPSA) is 58.4 Å². The van der Waals surface area contributed by atoms with Crippen molar-refractivity contribution in [3.63, 3.8) is 0 Å². The maximum absolute atomic E-state index is 11.7. The highest BCUT2D eigenvalue weighted by Gasteiger charge is 2.16. The highest BCUT2D eigenvalue weighted by atomic mass is 16.2. The lowest BCUT2D eigenvalue weighted by Crippen LogP contribution is -2.43. The molecule has 1 unspecified atom stereocenters. The second-order valence-corrected chi connectivity index (χ2v) is 5.61. The zero-order valence-electron chi connectivity index (χ0n) is 12.0. The molecular weight excluding hydrogens is 226 g/mol. The summed E-state index contributed by atoms with van der Waals surface area (Å²) in [7, 11) is 0. The Labute approximate surface area is 111 Å². The van der Waals surface area contributed by atoms with E-state index >= 15 is 0 Å². The molecular formula is C14H29N3O. The highest BCUT2D eigenvalue weighted by Crippen LogP contribution is 2.09. The third kappa shape index (κ3) is 5.83. The molecule has 0 spiro atoms. The Morgan fingerprint density at radius 1 is 1.39 bits per heavy atom. The first-order valence-corrected chi connectivity index (χ1v) is 7.39. The molecule has 0 bridgehead atoms. The van der Waals surface area contributed by atoms with Gasteiger partial charge < -0.3 is 16.0 Å². The number of rotatable bonds is 8. The predicted octanol–water partition coefficient (Wildman–Crippen LogP) is 1.35. The first-order valence-electron chi connectivity index (χ1n) is 7.39. The van der Waals surface area contributed by atoms with Crippen molar-refractivity contribution >= 4 is 5.91 Å². The normalized spacial score (nSPS) is 19.7. The van der Waals surface area contributed by atoms with Gasteiger partial charge in [0.05, 0.1) is 6.04 Å². The summed E-state index contributed by atoms with van der Waals surface area (Å²) >= 11 is 0. The van der Waals surface area contributed by atoms with Crippen LogP contribution in [0.2, 0.25) is 0 Å². The third-order valence-electron chi connectivity index (χ3n) is 3.60. The fourth-order valence-corrected chi connectivity index (χ4v) is 2.43. The maximum Gasteiger partial charge on any atom is 0.236 e. The average molecular weight is 255 g/mol. The minimum Gasteiger partial charge on any atom is -0.354 e. The summed E-state index contributed by atoms with van der Waals surface area (Å²) in [6.45, 7) is 8.57. The molecule has 1 fully saturated rings. The van der Waals surface area contributed by atoms with Crippen LogP contribution >= 0.6 is 0 Å². The molecule has 1 saturated heterocycles. The molecule has 1 aliphatic rings. The zero-order valence-corrected chi connectivity index (χ0v) is 12.0. The standard InChI is InChI=1S/C14H29N3O/c1-3-4-7-13(15)14(18)16-10-12(2)11-17-8-5-6-9-17/h12-13H,3-11,15H2,1-2H3,(H,16,18)/t12?,13-/m0/s1. The van der Waals surface area contributed by atoms with Crippen LogP contribution in [0.1, 0.15) is 46.0 Å². The molecule has 0 aromatic heterocycles. The van der Waals surface area contributed by atoms with Crippen molar-refractivity contribution in [1.29, 1.82) is 0 Å². The summed E-state index contributed by atoms with van der Waals surface area (Å²) < 4.78 is 0. The molecule has 4 nitrogen and oxygen atoms in total. The van der Waals surface area contributed by atoms with E-state index in [9.17, 15) is 4.79 Å². The lowest BCUT2D eigenvalue weighted by molar-refractivity contribution is -0.122. The maximum atomic E-state index is 11.7. The smallest absolute Gasteiger partial charge is 0.236 e. The van der Waals surface area contributed by atoms with Gasteiger partial charge in [0.25, 0.3) is 0 Å². The molecule has 18 heavy (non-hydrogen) atoms. The van der Waals surface area contributed by atoms with Gasteiger partial charge >= 0.3 is 0 Å². The second kappa shape index (κ2) is 8.48. The van der Waals surface area contributed by atoms with Gasteiger partial charge in [-0.25, -0.2) is 0 Å². The van der Waals surface area contributed by atoms with E-state index in [0.29, 0.717) is 5.92 Å². The molecule has 2 atom stereocenters. The van der Waals surface area contributed by atoms with E-state index in [4.69, 9.17) is 5.73 Å². The Morgan fingerprint density at radius 3 is 2.67 bits per heavy atom. The lowest BCUT2D eigenvalue weighted by atomic mass is 10.1. The monoisotopic (exact) mass is 255 g/mol. The van der Waals surface area contributed by atoms with Crippen LogP contribution in [0.3, 0.4) is 0 Å². The van der Waals surface area contributed by atoms with Crippen molar-refractivity contribution in [3.05, 3.63) is 0 Å². The Hall–Kier alpha value is -0.610. The largest absolute Gasteiger partial charge is 0.354 e. The number of unbranched alkanes of at least 4 members (excludes halogenated alkanes) is 1. The quantitative estimate of drug-likeness (QED) is 0.688. The Morgan fingerprint density at radius 2 is 2.06 bits per heavy atom. The summed E-state index contributed by atoms with van der Waals surface area (Å²) in [5.41, 5.74) is 5.83. The molecule has 1 amide bonds. The van der Waals surface area contributed by atoms with Gasteiger partial charge in [0.2, 0.25) is 5.91 Å². The van der Waals surface area contributed by atoms with E-state index in [-0.39, 0.29) is 11.9 Å². The van der Waals surface area contributed by atoms with Crippen LogP contribution < -0.4 is 11.1 Å². The van der Waals surface area contributed by atoms with Gasteiger partial charge in [-0.15, -0.1) is 0 Å². The van der Waals surface area contributed by atoms with E-state index in [1.807, 2.05) is 0 Å². The van der Waals surface area contributed by atoms with E-state index in [1.54, 1.807) is 0 Å². The lowest BCUT2D eigenvalue weighted by Gasteiger charge is -2.21. The van der Waals surface area contributed by atoms with Crippen LogP contribution in [0.4, 0.5) is 0 Å². The summed E-state index contributed by atoms with van der Waals surface area (Å²) in [6, 6.07) is -0.330. The third-order valence-corrected chi connectivity index (χ3v) is 3.60. The van der Waals surface area contributed by atoms with Crippen LogP contribution in [0.25, 0.3) is 0 Å². The van der Waals surface area contributed by atoms with Crippen molar-refractivity contribution in [1.82, 2.24) is 10.2 Å². The Balaban J connectivity index is 2.12. The molecule has 0 saturated carbocycles. The molecule has 0 aromatic rings. The molecule has 0 radical (unpaired) electrons. The van der Waals surface area contributed by atoms with Gasteiger partial charge in [-0.05, 0) is 38.3 Å². The molecule has 1 rings (SSSR count). The van der Waals surface area contributed by atoms with Crippen molar-refractivity contribution in [3.8, 4) is 0 Å². The van der Waals surface area contributed by atoms with Gasteiger partial charge in [-0.1, -0.05) is 26.7 Å². The summed E-state index contributed by atoms with van der Waals surface area (Å²) in [6.07, 6.45) is 5.55. The molecule has 1 heterocycles. The number of carbonyl (C=O) groups is 1. The zero-order chi connectivity index (χ0) is 13.4. The molecule has 0 aromatic carbocycles. The number of nitrogens with one attached hydrogen (secondary N) is 1. The first kappa shape index (κ1) is 15.4. The average Bonchev–Trinajstić information content (AvgIpc) is 2.85. The Kier molecular flexibility index (Phi) is 7.28. The van der Waals surface area contributed by atoms with Crippen molar-refractivity contribution < 1.29 is 4.79 Å². The van der Waals surface area contributed by atoms with Crippen molar-refractivity contribution in [2.45, 2.75) is 52.0 Å². The van der Waals surface area contributed by atoms with Gasteiger partial charge in [0.15, 0.2) is 0 Å². The van der Waals surface area contributed by atoms with Crippen LogP contribution in [-0.2, 0) is 4.79 Å². The number of amides is 1. The van der Waals surface area contributed by atoms with Crippen LogP contribution in [0.5, 0.6) is 0 Å². The molecule has 4 heteroatoms. The molecule has 1 aliphatic heterocycles. The van der Waals surface area contributed by atoms with Gasteiger partial charge in [0.1, 0.15) is 0 Å². The number of likely N-dealkylation sites (tertiary alicyclic amines) is 1. The molecule has 106 valence electrons. The van der Waals surface area contributed by atoms with Crippen LogP contribution in [0, 0.1) is 5.92 Å². The highest BCUT2D eigenvalue weighted by molar-refractivity contribution is 5.81. The first-order chi connectivity index (χ1) is 8.63. The summed E-state index contributed by atoms with van der Waals surface area (Å²) in [4.78, 5) is 14.2.